The van der Waals surface area contributed by atoms with Gasteiger partial charge in [0.25, 0.3) is 0 Å². The number of unbranched alkanes of at least 4 members (excludes halogenated alkanes) is 2. The molecule has 8 heteroatoms. The SMILES string of the molecule is CCCCC[C@@H](CN(O)C=O)c1nnc(CCc2nc3ccccc3[nH]2)o1. The molecule has 0 fully saturated rings. The Morgan fingerprint density at radius 3 is 2.89 bits per heavy atom. The fraction of sp³-hybridized carbons (Fsp3) is 0.474. The van der Waals surface area contributed by atoms with Gasteiger partial charge in [-0.05, 0) is 18.6 Å². The third-order valence-corrected chi connectivity index (χ3v) is 4.53. The Balaban J connectivity index is 1.62. The number of aromatic amines is 1. The maximum absolute atomic E-state index is 10.7. The minimum atomic E-state index is -0.167. The molecule has 0 saturated carbocycles. The maximum Gasteiger partial charge on any atom is 0.233 e. The van der Waals surface area contributed by atoms with Gasteiger partial charge >= 0.3 is 0 Å². The van der Waals surface area contributed by atoms with E-state index >= 15 is 0 Å². The van der Waals surface area contributed by atoms with Crippen LogP contribution in [0.5, 0.6) is 0 Å². The molecule has 0 bridgehead atoms. The molecule has 0 unspecified atom stereocenters. The molecular formula is C19H25N5O3. The zero-order valence-electron chi connectivity index (χ0n) is 15.5. The van der Waals surface area contributed by atoms with Gasteiger partial charge in [-0.25, -0.2) is 10.0 Å². The maximum atomic E-state index is 10.7. The van der Waals surface area contributed by atoms with E-state index in [0.29, 0.717) is 36.1 Å². The number of aromatic nitrogens is 4. The summed E-state index contributed by atoms with van der Waals surface area (Å²) in [4.78, 5) is 18.6. The van der Waals surface area contributed by atoms with E-state index in [1.165, 1.54) is 0 Å². The Bertz CT molecular complexity index is 827. The van der Waals surface area contributed by atoms with Crippen molar-refractivity contribution in [3.05, 3.63) is 41.9 Å². The average molecular weight is 371 g/mol. The number of nitrogens with zero attached hydrogens (tertiary/aromatic N) is 4. The van der Waals surface area contributed by atoms with E-state index in [-0.39, 0.29) is 12.5 Å². The van der Waals surface area contributed by atoms with Gasteiger partial charge in [0.1, 0.15) is 5.82 Å². The molecule has 2 N–H and O–H groups in total. The molecule has 27 heavy (non-hydrogen) atoms. The number of hydrogen-bond acceptors (Lipinski definition) is 6. The number of hydroxylamine groups is 2. The van der Waals surface area contributed by atoms with Gasteiger partial charge in [0.15, 0.2) is 0 Å². The summed E-state index contributed by atoms with van der Waals surface area (Å²) >= 11 is 0. The first-order valence-electron chi connectivity index (χ1n) is 9.36. The number of rotatable bonds is 11. The fourth-order valence-electron chi connectivity index (χ4n) is 3.08. The van der Waals surface area contributed by atoms with Gasteiger partial charge in [-0.1, -0.05) is 38.3 Å². The van der Waals surface area contributed by atoms with Gasteiger partial charge in [-0.15, -0.1) is 10.2 Å². The smallest absolute Gasteiger partial charge is 0.233 e. The van der Waals surface area contributed by atoms with Crippen molar-refractivity contribution in [2.45, 2.75) is 51.4 Å². The molecule has 3 aromatic rings. The Labute approximate surface area is 157 Å². The van der Waals surface area contributed by atoms with Crippen molar-refractivity contribution in [3.63, 3.8) is 0 Å². The third-order valence-electron chi connectivity index (χ3n) is 4.53. The van der Waals surface area contributed by atoms with E-state index in [0.717, 1.165) is 42.5 Å². The summed E-state index contributed by atoms with van der Waals surface area (Å²) in [5, 5.41) is 18.4. The second-order valence-electron chi connectivity index (χ2n) is 6.65. The summed E-state index contributed by atoms with van der Waals surface area (Å²) in [5.74, 6) is 1.70. The second-order valence-corrected chi connectivity index (χ2v) is 6.65. The van der Waals surface area contributed by atoms with Crippen LogP contribution in [0.4, 0.5) is 0 Å². The van der Waals surface area contributed by atoms with Crippen molar-refractivity contribution in [1.29, 1.82) is 0 Å². The van der Waals surface area contributed by atoms with Gasteiger partial charge < -0.3 is 9.40 Å². The molecule has 2 heterocycles. The van der Waals surface area contributed by atoms with Crippen LogP contribution in [0.3, 0.4) is 0 Å². The highest BCUT2D eigenvalue weighted by Gasteiger charge is 2.21. The van der Waals surface area contributed by atoms with E-state index in [1.807, 2.05) is 24.3 Å². The summed E-state index contributed by atoms with van der Waals surface area (Å²) in [5.41, 5.74) is 1.94. The zero-order chi connectivity index (χ0) is 19.1. The number of nitrogens with one attached hydrogen (secondary N) is 1. The molecule has 0 saturated heterocycles. The minimum Gasteiger partial charge on any atom is -0.425 e. The topological polar surface area (TPSA) is 108 Å². The molecular weight excluding hydrogens is 346 g/mol. The van der Waals surface area contributed by atoms with Crippen molar-refractivity contribution in [2.24, 2.45) is 0 Å². The first-order valence-corrected chi connectivity index (χ1v) is 9.36. The second kappa shape index (κ2) is 9.27. The zero-order valence-corrected chi connectivity index (χ0v) is 15.5. The molecule has 2 aromatic heterocycles. The number of benzene rings is 1. The summed E-state index contributed by atoms with van der Waals surface area (Å²) in [6, 6.07) is 7.89. The standard InChI is InChI=1S/C19H25N5O3/c1-2-3-4-7-14(12-24(26)13-25)19-23-22-18(27-19)11-10-17-20-15-8-5-6-9-16(15)21-17/h5-6,8-9,13-14,26H,2-4,7,10-12H2,1H3,(H,20,21)/t14-/m0/s1. The van der Waals surface area contributed by atoms with Crippen LogP contribution in [0.2, 0.25) is 0 Å². The molecule has 0 aliphatic rings. The number of imidazole rings is 1. The van der Waals surface area contributed by atoms with E-state index in [2.05, 4.69) is 27.1 Å². The molecule has 8 nitrogen and oxygen atoms in total. The number of carbonyl (C=O) groups excluding carboxylic acids is 1. The number of fused-ring (bicyclic) bond motifs is 1. The lowest BCUT2D eigenvalue weighted by Gasteiger charge is -2.16. The molecule has 3 rings (SSSR count). The minimum absolute atomic E-state index is 0.151. The number of H-pyrrole nitrogens is 1. The van der Waals surface area contributed by atoms with Crippen LogP contribution in [0.25, 0.3) is 11.0 Å². The van der Waals surface area contributed by atoms with Crippen LogP contribution in [0.1, 0.15) is 56.1 Å². The summed E-state index contributed by atoms with van der Waals surface area (Å²) < 4.78 is 5.80. The molecule has 144 valence electrons. The van der Waals surface area contributed by atoms with Gasteiger partial charge in [0.2, 0.25) is 18.2 Å². The van der Waals surface area contributed by atoms with E-state index in [4.69, 9.17) is 4.42 Å². The van der Waals surface area contributed by atoms with Crippen LogP contribution < -0.4 is 0 Å². The molecule has 1 atom stereocenters. The molecule has 0 aliphatic heterocycles. The van der Waals surface area contributed by atoms with Gasteiger partial charge in [-0.3, -0.25) is 10.0 Å². The Kier molecular flexibility index (Phi) is 6.54. The van der Waals surface area contributed by atoms with E-state index in [9.17, 15) is 10.0 Å². The summed E-state index contributed by atoms with van der Waals surface area (Å²) in [7, 11) is 0. The number of amides is 1. The van der Waals surface area contributed by atoms with Gasteiger partial charge in [-0.2, -0.15) is 0 Å². The predicted molar refractivity (Wildman–Crippen MR) is 99.2 cm³/mol. The summed E-state index contributed by atoms with van der Waals surface area (Å²) in [6.07, 6.45) is 5.56. The van der Waals surface area contributed by atoms with Gasteiger partial charge in [0, 0.05) is 12.8 Å². The van der Waals surface area contributed by atoms with Crippen molar-refractivity contribution in [2.75, 3.05) is 6.54 Å². The van der Waals surface area contributed by atoms with Crippen LogP contribution in [0.15, 0.2) is 28.7 Å². The lowest BCUT2D eigenvalue weighted by Crippen LogP contribution is -2.24. The highest BCUT2D eigenvalue weighted by Crippen LogP contribution is 2.23. The highest BCUT2D eigenvalue weighted by atomic mass is 16.5. The van der Waals surface area contributed by atoms with E-state index < -0.39 is 0 Å². The Hall–Kier alpha value is -2.74. The quantitative estimate of drug-likeness (QED) is 0.232. The fourth-order valence-corrected chi connectivity index (χ4v) is 3.08. The molecule has 0 aliphatic carbocycles. The molecule has 1 amide bonds. The first-order chi connectivity index (χ1) is 13.2. The third kappa shape index (κ3) is 5.13. The van der Waals surface area contributed by atoms with Crippen LogP contribution in [-0.4, -0.2) is 43.4 Å². The Morgan fingerprint density at radius 2 is 2.11 bits per heavy atom. The molecule has 1 aromatic carbocycles. The summed E-state index contributed by atoms with van der Waals surface area (Å²) in [6.45, 7) is 2.28. The predicted octanol–water partition coefficient (Wildman–Crippen LogP) is 3.24. The van der Waals surface area contributed by atoms with Crippen LogP contribution in [0, 0.1) is 0 Å². The number of aryl methyl sites for hydroxylation is 2. The monoisotopic (exact) mass is 371 g/mol. The molecule has 0 radical (unpaired) electrons. The van der Waals surface area contributed by atoms with E-state index in [1.54, 1.807) is 0 Å². The van der Waals surface area contributed by atoms with Crippen LogP contribution >= 0.6 is 0 Å². The number of carbonyl (C=O) groups is 1. The van der Waals surface area contributed by atoms with Gasteiger partial charge in [0.05, 0.1) is 23.5 Å². The van der Waals surface area contributed by atoms with Crippen molar-refractivity contribution in [1.82, 2.24) is 25.2 Å². The lowest BCUT2D eigenvalue weighted by molar-refractivity contribution is -0.151. The van der Waals surface area contributed by atoms with Crippen molar-refractivity contribution < 1.29 is 14.4 Å². The largest absolute Gasteiger partial charge is 0.425 e. The number of hydrogen-bond donors (Lipinski definition) is 2. The Morgan fingerprint density at radius 1 is 1.26 bits per heavy atom. The van der Waals surface area contributed by atoms with Crippen molar-refractivity contribution >= 4 is 17.4 Å². The normalized spacial score (nSPS) is 12.4. The molecule has 0 spiro atoms. The lowest BCUT2D eigenvalue weighted by atomic mass is 10.0. The highest BCUT2D eigenvalue weighted by molar-refractivity contribution is 5.74. The number of para-hydroxylation sites is 2. The van der Waals surface area contributed by atoms with Crippen molar-refractivity contribution in [3.8, 4) is 0 Å². The average Bonchev–Trinajstić information content (AvgIpc) is 3.32. The first kappa shape index (κ1) is 19.0. The van der Waals surface area contributed by atoms with Crippen LogP contribution in [-0.2, 0) is 17.6 Å².